The largest absolute Gasteiger partial charge is 0.507 e. The summed E-state index contributed by atoms with van der Waals surface area (Å²) in [4.78, 5) is 28.3. The SMILES string of the molecule is CCOc1cccc(C2/C(=C(\O)c3ccc(OC)cc3OC)C(=O)C(=O)N2c2ccc3c(c2)OCO3)c1. The van der Waals surface area contributed by atoms with Crippen molar-refractivity contribution < 1.29 is 38.4 Å². The summed E-state index contributed by atoms with van der Waals surface area (Å²) in [5.41, 5.74) is 1.16. The van der Waals surface area contributed by atoms with Crippen molar-refractivity contribution in [3.8, 4) is 28.7 Å². The Bertz CT molecular complexity index is 1410. The van der Waals surface area contributed by atoms with E-state index in [-0.39, 0.29) is 29.4 Å². The van der Waals surface area contributed by atoms with Gasteiger partial charge in [-0.1, -0.05) is 12.1 Å². The molecule has 1 atom stereocenters. The number of amides is 1. The maximum absolute atomic E-state index is 13.5. The Labute approximate surface area is 213 Å². The predicted octanol–water partition coefficient (Wildman–Crippen LogP) is 4.46. The van der Waals surface area contributed by atoms with Gasteiger partial charge in [0.1, 0.15) is 23.0 Å². The lowest BCUT2D eigenvalue weighted by atomic mass is 9.94. The minimum Gasteiger partial charge on any atom is -0.507 e. The van der Waals surface area contributed by atoms with Crippen LogP contribution in [0.15, 0.2) is 66.2 Å². The number of methoxy groups -OCH3 is 2. The molecule has 1 N–H and O–H groups in total. The third kappa shape index (κ3) is 4.18. The molecule has 3 aromatic carbocycles. The van der Waals surface area contributed by atoms with Crippen molar-refractivity contribution in [2.75, 3.05) is 32.5 Å². The van der Waals surface area contributed by atoms with Gasteiger partial charge in [-0.3, -0.25) is 14.5 Å². The highest BCUT2D eigenvalue weighted by Crippen LogP contribution is 2.46. The maximum Gasteiger partial charge on any atom is 0.300 e. The molecule has 2 aliphatic rings. The number of carbonyl (C=O) groups is 2. The van der Waals surface area contributed by atoms with Gasteiger partial charge in [-0.15, -0.1) is 0 Å². The smallest absolute Gasteiger partial charge is 0.300 e. The molecule has 9 heteroatoms. The van der Waals surface area contributed by atoms with E-state index in [4.69, 9.17) is 23.7 Å². The molecule has 0 bridgehead atoms. The number of aliphatic hydroxyl groups is 1. The van der Waals surface area contributed by atoms with Crippen LogP contribution in [0.3, 0.4) is 0 Å². The normalized spacial score (nSPS) is 17.7. The number of rotatable bonds is 7. The van der Waals surface area contributed by atoms with Crippen LogP contribution in [0.2, 0.25) is 0 Å². The summed E-state index contributed by atoms with van der Waals surface area (Å²) < 4.78 is 27.3. The van der Waals surface area contributed by atoms with Crippen LogP contribution in [-0.4, -0.2) is 44.4 Å². The van der Waals surface area contributed by atoms with E-state index in [1.807, 2.05) is 6.92 Å². The second kappa shape index (κ2) is 9.77. The highest BCUT2D eigenvalue weighted by molar-refractivity contribution is 6.51. The second-order valence-corrected chi connectivity index (χ2v) is 8.28. The number of benzene rings is 3. The molecule has 9 nitrogen and oxygen atoms in total. The third-order valence-electron chi connectivity index (χ3n) is 6.23. The summed E-state index contributed by atoms with van der Waals surface area (Å²) in [5.74, 6) is 0.366. The average Bonchev–Trinajstić information content (AvgIpc) is 3.50. The van der Waals surface area contributed by atoms with Crippen molar-refractivity contribution in [3.63, 3.8) is 0 Å². The van der Waals surface area contributed by atoms with Crippen LogP contribution in [0.1, 0.15) is 24.1 Å². The highest BCUT2D eigenvalue weighted by atomic mass is 16.7. The Hall–Kier alpha value is -4.66. The third-order valence-corrected chi connectivity index (χ3v) is 6.23. The molecule has 3 aromatic rings. The van der Waals surface area contributed by atoms with E-state index in [1.54, 1.807) is 60.7 Å². The molecule has 2 heterocycles. The monoisotopic (exact) mass is 503 g/mol. The fraction of sp³-hybridized carbons (Fsp3) is 0.214. The number of carbonyl (C=O) groups excluding carboxylic acids is 2. The molecule has 190 valence electrons. The Kier molecular flexibility index (Phi) is 6.35. The van der Waals surface area contributed by atoms with E-state index >= 15 is 0 Å². The fourth-order valence-electron chi connectivity index (χ4n) is 4.53. The fourth-order valence-corrected chi connectivity index (χ4v) is 4.53. The lowest BCUT2D eigenvalue weighted by Gasteiger charge is -2.26. The first-order chi connectivity index (χ1) is 18.0. The second-order valence-electron chi connectivity index (χ2n) is 8.28. The molecular weight excluding hydrogens is 478 g/mol. The number of Topliss-reactive ketones (excluding diaryl/α,β-unsaturated/α-hetero) is 1. The summed E-state index contributed by atoms with van der Waals surface area (Å²) in [6.45, 7) is 2.37. The minimum atomic E-state index is -0.951. The van der Waals surface area contributed by atoms with E-state index in [1.165, 1.54) is 19.1 Å². The molecular formula is C28H25NO8. The molecule has 0 aliphatic carbocycles. The topological polar surface area (TPSA) is 104 Å². The van der Waals surface area contributed by atoms with Crippen LogP contribution in [0.5, 0.6) is 28.7 Å². The van der Waals surface area contributed by atoms with E-state index in [0.717, 1.165) is 0 Å². The molecule has 0 radical (unpaired) electrons. The highest BCUT2D eigenvalue weighted by Gasteiger charge is 2.47. The predicted molar refractivity (Wildman–Crippen MR) is 135 cm³/mol. The molecule has 1 saturated heterocycles. The Morgan fingerprint density at radius 3 is 2.54 bits per heavy atom. The summed E-state index contributed by atoms with van der Waals surface area (Å²) in [7, 11) is 2.95. The molecule has 1 fully saturated rings. The number of anilines is 1. The van der Waals surface area contributed by atoms with Gasteiger partial charge in [0.2, 0.25) is 6.79 Å². The number of aliphatic hydroxyl groups excluding tert-OH is 1. The summed E-state index contributed by atoms with van der Waals surface area (Å²) in [6, 6.07) is 15.9. The summed E-state index contributed by atoms with van der Waals surface area (Å²) in [6.07, 6.45) is 0. The summed E-state index contributed by atoms with van der Waals surface area (Å²) >= 11 is 0. The Morgan fingerprint density at radius 1 is 0.973 bits per heavy atom. The molecule has 0 saturated carbocycles. The first kappa shape index (κ1) is 24.1. The van der Waals surface area contributed by atoms with Crippen LogP contribution in [-0.2, 0) is 9.59 Å². The van der Waals surface area contributed by atoms with Gasteiger partial charge in [0.05, 0.1) is 38.0 Å². The number of hydrogen-bond donors (Lipinski definition) is 1. The number of fused-ring (bicyclic) bond motifs is 1. The van der Waals surface area contributed by atoms with Crippen LogP contribution < -0.4 is 28.6 Å². The molecule has 1 unspecified atom stereocenters. The number of ether oxygens (including phenoxy) is 5. The lowest BCUT2D eigenvalue weighted by Crippen LogP contribution is -2.29. The zero-order chi connectivity index (χ0) is 26.1. The van der Waals surface area contributed by atoms with Crippen molar-refractivity contribution >= 4 is 23.1 Å². The zero-order valence-electron chi connectivity index (χ0n) is 20.5. The van der Waals surface area contributed by atoms with Gasteiger partial charge in [0, 0.05) is 17.8 Å². The Morgan fingerprint density at radius 2 is 1.78 bits per heavy atom. The Balaban J connectivity index is 1.72. The minimum absolute atomic E-state index is 0.0642. The van der Waals surface area contributed by atoms with Crippen molar-refractivity contribution in [2.24, 2.45) is 0 Å². The maximum atomic E-state index is 13.5. The zero-order valence-corrected chi connectivity index (χ0v) is 20.5. The van der Waals surface area contributed by atoms with E-state index < -0.39 is 17.7 Å². The van der Waals surface area contributed by atoms with Gasteiger partial charge in [-0.25, -0.2) is 0 Å². The van der Waals surface area contributed by atoms with Gasteiger partial charge < -0.3 is 28.8 Å². The first-order valence-corrected chi connectivity index (χ1v) is 11.6. The van der Waals surface area contributed by atoms with Crippen LogP contribution in [0.4, 0.5) is 5.69 Å². The van der Waals surface area contributed by atoms with Crippen molar-refractivity contribution in [1.29, 1.82) is 0 Å². The van der Waals surface area contributed by atoms with Crippen molar-refractivity contribution in [3.05, 3.63) is 77.4 Å². The van der Waals surface area contributed by atoms with Gasteiger partial charge in [0.25, 0.3) is 11.7 Å². The van der Waals surface area contributed by atoms with Crippen LogP contribution in [0, 0.1) is 0 Å². The first-order valence-electron chi connectivity index (χ1n) is 11.6. The van der Waals surface area contributed by atoms with Gasteiger partial charge in [-0.05, 0) is 48.9 Å². The average molecular weight is 504 g/mol. The quantitative estimate of drug-likeness (QED) is 0.286. The van der Waals surface area contributed by atoms with E-state index in [2.05, 4.69) is 0 Å². The molecule has 5 rings (SSSR count). The van der Waals surface area contributed by atoms with E-state index in [0.29, 0.717) is 40.9 Å². The molecule has 0 aromatic heterocycles. The van der Waals surface area contributed by atoms with E-state index in [9.17, 15) is 14.7 Å². The summed E-state index contributed by atoms with van der Waals surface area (Å²) in [5, 5.41) is 11.5. The standard InChI is InChI=1S/C28H25NO8/c1-4-35-19-7-5-6-16(12-19)25-24(26(30)20-10-9-18(33-2)14-22(20)34-3)27(31)28(32)29(25)17-8-11-21-23(13-17)37-15-36-21/h5-14,25,30H,4,15H2,1-3H3/b26-24+. The van der Waals surface area contributed by atoms with Gasteiger partial charge in [0.15, 0.2) is 11.5 Å². The number of hydrogen-bond acceptors (Lipinski definition) is 8. The molecule has 0 spiro atoms. The lowest BCUT2D eigenvalue weighted by molar-refractivity contribution is -0.132. The number of nitrogens with zero attached hydrogens (tertiary/aromatic N) is 1. The molecule has 2 aliphatic heterocycles. The van der Waals surface area contributed by atoms with Crippen molar-refractivity contribution in [1.82, 2.24) is 0 Å². The number of ketones is 1. The molecule has 37 heavy (non-hydrogen) atoms. The van der Waals surface area contributed by atoms with Crippen LogP contribution in [0.25, 0.3) is 5.76 Å². The van der Waals surface area contributed by atoms with Gasteiger partial charge >= 0.3 is 0 Å². The van der Waals surface area contributed by atoms with Crippen LogP contribution >= 0.6 is 0 Å². The molecule has 1 amide bonds. The van der Waals surface area contributed by atoms with Gasteiger partial charge in [-0.2, -0.15) is 0 Å². The van der Waals surface area contributed by atoms with Crippen molar-refractivity contribution in [2.45, 2.75) is 13.0 Å².